The minimum absolute atomic E-state index is 0.104. The molecule has 0 saturated heterocycles. The van der Waals surface area contributed by atoms with Gasteiger partial charge in [0, 0.05) is 28.4 Å². The van der Waals surface area contributed by atoms with Gasteiger partial charge in [-0.1, -0.05) is 29.3 Å². The largest absolute Gasteiger partial charge is 0.857 e. The van der Waals surface area contributed by atoms with Gasteiger partial charge in [0.15, 0.2) is 5.69 Å². The molecule has 0 aliphatic heterocycles. The van der Waals surface area contributed by atoms with E-state index in [0.717, 1.165) is 15.8 Å². The van der Waals surface area contributed by atoms with E-state index in [0.29, 0.717) is 27.8 Å². The van der Waals surface area contributed by atoms with Crippen LogP contribution in [-0.2, 0) is 0 Å². The molecule has 3 heterocycles. The maximum atomic E-state index is 13.0. The number of aryl methyl sites for hydroxylation is 3. The molecule has 0 amide bonds. The van der Waals surface area contributed by atoms with Crippen LogP contribution in [0.3, 0.4) is 0 Å². The number of benzene rings is 2. The van der Waals surface area contributed by atoms with E-state index in [1.807, 2.05) is 38.1 Å². The van der Waals surface area contributed by atoms with Gasteiger partial charge in [0.2, 0.25) is 10.8 Å². The van der Waals surface area contributed by atoms with Crippen LogP contribution in [0.5, 0.6) is 5.88 Å². The summed E-state index contributed by atoms with van der Waals surface area (Å²) < 4.78 is 7.67. The van der Waals surface area contributed by atoms with Crippen LogP contribution in [0.2, 0.25) is 5.02 Å². The van der Waals surface area contributed by atoms with Gasteiger partial charge in [0.1, 0.15) is 5.69 Å². The van der Waals surface area contributed by atoms with Gasteiger partial charge in [-0.3, -0.25) is 4.52 Å². The van der Waals surface area contributed by atoms with Crippen molar-refractivity contribution >= 4 is 34.3 Å². The summed E-state index contributed by atoms with van der Waals surface area (Å²) in [6.45, 7) is 5.49. The molecule has 0 spiro atoms. The van der Waals surface area contributed by atoms with Crippen LogP contribution in [0.1, 0.15) is 16.8 Å². The van der Waals surface area contributed by atoms with Crippen molar-refractivity contribution in [2.75, 3.05) is 0 Å². The third kappa shape index (κ3) is 4.27. The van der Waals surface area contributed by atoms with Crippen molar-refractivity contribution in [3.05, 3.63) is 80.1 Å². The van der Waals surface area contributed by atoms with E-state index in [-0.39, 0.29) is 16.5 Å². The van der Waals surface area contributed by atoms with Crippen LogP contribution in [0.4, 0.5) is 11.4 Å². The Bertz CT molecular complexity index is 1630. The fraction of sp³-hybridized carbons (Fsp3) is 0.130. The highest BCUT2D eigenvalue weighted by molar-refractivity contribution is 7.12. The molecule has 0 unspecified atom stereocenters. The quantitative estimate of drug-likeness (QED) is 0.274. The van der Waals surface area contributed by atoms with E-state index in [1.54, 1.807) is 30.5 Å². The number of nitrogens with one attached hydrogen (secondary N) is 1. The molecule has 12 heteroatoms. The molecule has 1 N–H and O–H groups in total. The van der Waals surface area contributed by atoms with Crippen molar-refractivity contribution < 1.29 is 14.3 Å². The van der Waals surface area contributed by atoms with Crippen LogP contribution < -0.4 is 15.4 Å². The number of azo groups is 1. The number of thiazole rings is 1. The highest BCUT2D eigenvalue weighted by atomic mass is 35.5. The first-order valence-electron chi connectivity index (χ1n) is 10.4. The molecule has 0 atom stereocenters. The van der Waals surface area contributed by atoms with Gasteiger partial charge < -0.3 is 5.11 Å². The van der Waals surface area contributed by atoms with Gasteiger partial charge in [-0.05, 0) is 54.5 Å². The summed E-state index contributed by atoms with van der Waals surface area (Å²) >= 11 is 7.15. The maximum absolute atomic E-state index is 13.0. The Hall–Kier alpha value is -4.09. The number of hydrogen-bond donors (Lipinski definition) is 1. The van der Waals surface area contributed by atoms with Crippen molar-refractivity contribution in [2.45, 2.75) is 20.8 Å². The number of hydrogen-bond acceptors (Lipinski definition) is 8. The molecule has 0 aliphatic rings. The van der Waals surface area contributed by atoms with Gasteiger partial charge in [-0.25, -0.2) is 14.5 Å². The van der Waals surface area contributed by atoms with Crippen LogP contribution >= 0.6 is 22.9 Å². The lowest BCUT2D eigenvalue weighted by Crippen LogP contribution is -2.36. The molecule has 3 aromatic heterocycles. The number of H-pyrrole nitrogens is 1. The lowest BCUT2D eigenvalue weighted by Gasteiger charge is -2.07. The van der Waals surface area contributed by atoms with Crippen molar-refractivity contribution in [1.82, 2.24) is 20.0 Å². The van der Waals surface area contributed by atoms with E-state index in [1.165, 1.54) is 16.0 Å². The van der Waals surface area contributed by atoms with Crippen molar-refractivity contribution in [2.24, 2.45) is 10.2 Å². The van der Waals surface area contributed by atoms with Crippen molar-refractivity contribution in [1.29, 1.82) is 0 Å². The monoisotopic (exact) mass is 507 g/mol. The predicted molar refractivity (Wildman–Crippen MR) is 128 cm³/mol. The third-order valence-corrected chi connectivity index (χ3v) is 6.31. The second-order valence-electron chi connectivity index (χ2n) is 7.80. The second-order valence-corrected chi connectivity index (χ2v) is 9.07. The summed E-state index contributed by atoms with van der Waals surface area (Å²) in [5.74, 6) is -0.466. The van der Waals surface area contributed by atoms with Gasteiger partial charge in [0.05, 0.1) is 11.4 Å². The van der Waals surface area contributed by atoms with Gasteiger partial charge in [0.25, 0.3) is 0 Å². The third-order valence-electron chi connectivity index (χ3n) is 5.26. The Balaban J connectivity index is 1.50. The number of rotatable bonds is 5. The van der Waals surface area contributed by atoms with Gasteiger partial charge in [-0.2, -0.15) is 10.2 Å². The average Bonchev–Trinajstić information content (AvgIpc) is 3.52. The molecule has 35 heavy (non-hydrogen) atoms. The Morgan fingerprint density at radius 3 is 2.66 bits per heavy atom. The van der Waals surface area contributed by atoms with E-state index in [4.69, 9.17) is 16.1 Å². The molecule has 5 aromatic rings. The fourth-order valence-electron chi connectivity index (χ4n) is 3.41. The molecule has 0 fully saturated rings. The minimum atomic E-state index is -0.589. The van der Waals surface area contributed by atoms with Crippen LogP contribution in [-0.4, -0.2) is 20.0 Å². The zero-order valence-electron chi connectivity index (χ0n) is 18.8. The number of halogens is 1. The highest BCUT2D eigenvalue weighted by Crippen LogP contribution is 2.34. The number of aromatic amines is 1. The average molecular weight is 508 g/mol. The van der Waals surface area contributed by atoms with Crippen LogP contribution in [0.25, 0.3) is 22.2 Å². The smallest absolute Gasteiger partial charge is 0.437 e. The molecular formula is C23H18ClN7O3S. The first kappa shape index (κ1) is 22.7. The Kier molecular flexibility index (Phi) is 5.79. The number of aromatic nitrogens is 5. The van der Waals surface area contributed by atoms with Crippen LogP contribution in [0, 0.1) is 20.8 Å². The highest BCUT2D eigenvalue weighted by Gasteiger charge is 2.28. The van der Waals surface area contributed by atoms with E-state index >= 15 is 0 Å². The SMILES string of the molecule is Cc1ccc(-[n+]2[nH]oc(=O)c2-c2csc(-n3nc(C)c(N=Nc4ccc(Cl)cc4C)c3[O-])n2)cc1. The summed E-state index contributed by atoms with van der Waals surface area (Å²) in [6, 6.07) is 12.7. The van der Waals surface area contributed by atoms with Crippen molar-refractivity contribution in [3.8, 4) is 28.1 Å². The molecule has 0 aliphatic carbocycles. The summed E-state index contributed by atoms with van der Waals surface area (Å²) in [5, 5.41) is 30.8. The Labute approximate surface area is 207 Å². The molecule has 0 radical (unpaired) electrons. The van der Waals surface area contributed by atoms with Gasteiger partial charge >= 0.3 is 11.3 Å². The molecule has 176 valence electrons. The van der Waals surface area contributed by atoms with E-state index in [9.17, 15) is 9.90 Å². The van der Waals surface area contributed by atoms with E-state index in [2.05, 4.69) is 25.6 Å². The topological polar surface area (TPSA) is 128 Å². The summed E-state index contributed by atoms with van der Waals surface area (Å²) in [6.07, 6.45) is 0. The second kappa shape index (κ2) is 8.93. The fourth-order valence-corrected chi connectivity index (χ4v) is 4.40. The summed E-state index contributed by atoms with van der Waals surface area (Å²) in [4.78, 5) is 16.9. The Morgan fingerprint density at radius 2 is 1.91 bits per heavy atom. The van der Waals surface area contributed by atoms with Crippen LogP contribution in [0.15, 0.2) is 67.4 Å². The van der Waals surface area contributed by atoms with Gasteiger partial charge in [-0.15, -0.1) is 16.5 Å². The Morgan fingerprint density at radius 1 is 1.14 bits per heavy atom. The zero-order chi connectivity index (χ0) is 24.7. The predicted octanol–water partition coefficient (Wildman–Crippen LogP) is 4.62. The zero-order valence-corrected chi connectivity index (χ0v) is 20.4. The summed E-state index contributed by atoms with van der Waals surface area (Å²) in [5.41, 5.74) is 3.66. The molecule has 0 saturated carbocycles. The first-order chi connectivity index (χ1) is 16.8. The molecule has 5 rings (SSSR count). The summed E-state index contributed by atoms with van der Waals surface area (Å²) in [7, 11) is 0. The molecular weight excluding hydrogens is 490 g/mol. The molecule has 2 aromatic carbocycles. The maximum Gasteiger partial charge on any atom is 0.437 e. The normalized spacial score (nSPS) is 11.5. The van der Waals surface area contributed by atoms with Crippen molar-refractivity contribution in [3.63, 3.8) is 0 Å². The minimum Gasteiger partial charge on any atom is -0.857 e. The lowest BCUT2D eigenvalue weighted by atomic mass is 10.2. The standard InChI is InChI=1S/C23H18ClN7O3S/c1-12-4-7-16(8-5-12)30-20(22(33)34-29-30)18-11-35-23(25-18)31-21(32)19(14(3)28-31)27-26-17-9-6-15(24)10-13(17)2/h4-11H,1-3H3,(H-,26,28,29,32,33). The molecule has 0 bridgehead atoms. The number of nitrogens with zero attached hydrogens (tertiary/aromatic N) is 6. The van der Waals surface area contributed by atoms with E-state index < -0.39 is 11.5 Å². The molecule has 10 nitrogen and oxygen atoms in total. The lowest BCUT2D eigenvalue weighted by molar-refractivity contribution is -0.660. The first-order valence-corrected chi connectivity index (χ1v) is 11.7.